The van der Waals surface area contributed by atoms with Crippen molar-refractivity contribution in [3.05, 3.63) is 29.8 Å². The van der Waals surface area contributed by atoms with Crippen LogP contribution in [0.5, 0.6) is 0 Å². The number of benzene rings is 1. The Balaban J connectivity index is 2.00. The standard InChI is InChI=1S/C19H27N3O3/c1-3-21(4-2)19(25)15-9-8-10-16(13-15)20-17(23)14-22-12-7-5-6-11-18(22)24/h8-10,13H,3-7,11-12,14H2,1-2H3,(H,20,23). The fraction of sp³-hybridized carbons (Fsp3) is 0.526. The maximum Gasteiger partial charge on any atom is 0.253 e. The van der Waals surface area contributed by atoms with Gasteiger partial charge in [0, 0.05) is 37.3 Å². The molecule has 0 atom stereocenters. The molecule has 1 aromatic carbocycles. The van der Waals surface area contributed by atoms with Crippen LogP contribution in [0.2, 0.25) is 0 Å². The molecule has 1 saturated heterocycles. The van der Waals surface area contributed by atoms with Crippen molar-refractivity contribution in [3.8, 4) is 0 Å². The van der Waals surface area contributed by atoms with Gasteiger partial charge in [0.25, 0.3) is 5.91 Å². The third kappa shape index (κ3) is 5.31. The number of likely N-dealkylation sites (tertiary alicyclic amines) is 1. The molecule has 136 valence electrons. The van der Waals surface area contributed by atoms with Gasteiger partial charge < -0.3 is 15.1 Å². The molecule has 0 bridgehead atoms. The van der Waals surface area contributed by atoms with Crippen molar-refractivity contribution in [2.45, 2.75) is 39.5 Å². The molecule has 1 aromatic rings. The number of carbonyl (C=O) groups excluding carboxylic acids is 3. The minimum absolute atomic E-state index is 0.0399. The topological polar surface area (TPSA) is 69.7 Å². The van der Waals surface area contributed by atoms with Gasteiger partial charge in [-0.15, -0.1) is 0 Å². The molecule has 6 nitrogen and oxygen atoms in total. The Hall–Kier alpha value is -2.37. The van der Waals surface area contributed by atoms with Crippen molar-refractivity contribution in [2.24, 2.45) is 0 Å². The predicted octanol–water partition coefficient (Wildman–Crippen LogP) is 2.51. The van der Waals surface area contributed by atoms with Crippen LogP contribution in [0, 0.1) is 0 Å². The number of rotatable bonds is 6. The second-order valence-electron chi connectivity index (χ2n) is 6.23. The fourth-order valence-electron chi connectivity index (χ4n) is 3.00. The third-order valence-electron chi connectivity index (χ3n) is 4.45. The average Bonchev–Trinajstić information content (AvgIpc) is 2.80. The van der Waals surface area contributed by atoms with Crippen LogP contribution >= 0.6 is 0 Å². The Kier molecular flexibility index (Phi) is 6.98. The SMILES string of the molecule is CCN(CC)C(=O)c1cccc(NC(=O)CN2CCCCCC2=O)c1. The lowest BCUT2D eigenvalue weighted by Gasteiger charge is -2.20. The summed E-state index contributed by atoms with van der Waals surface area (Å²) in [5.41, 5.74) is 1.12. The highest BCUT2D eigenvalue weighted by Gasteiger charge is 2.19. The molecule has 0 spiro atoms. The highest BCUT2D eigenvalue weighted by atomic mass is 16.2. The third-order valence-corrected chi connectivity index (χ3v) is 4.45. The first-order chi connectivity index (χ1) is 12.0. The first-order valence-corrected chi connectivity index (χ1v) is 9.02. The van der Waals surface area contributed by atoms with Crippen LogP contribution in [0.4, 0.5) is 5.69 Å². The van der Waals surface area contributed by atoms with E-state index < -0.39 is 0 Å². The first-order valence-electron chi connectivity index (χ1n) is 9.02. The summed E-state index contributed by atoms with van der Waals surface area (Å²) in [4.78, 5) is 40.0. The van der Waals surface area contributed by atoms with Crippen LogP contribution in [0.1, 0.15) is 49.9 Å². The molecule has 3 amide bonds. The second kappa shape index (κ2) is 9.20. The molecule has 1 aliphatic heterocycles. The maximum atomic E-state index is 12.4. The summed E-state index contributed by atoms with van der Waals surface area (Å²) in [5, 5.41) is 2.80. The van der Waals surface area contributed by atoms with Crippen LogP contribution in [0.3, 0.4) is 0 Å². The lowest BCUT2D eigenvalue weighted by molar-refractivity contribution is -0.134. The molecule has 1 fully saturated rings. The molecule has 0 unspecified atom stereocenters. The molecular weight excluding hydrogens is 318 g/mol. The molecule has 0 saturated carbocycles. The van der Waals surface area contributed by atoms with Gasteiger partial charge in [-0.2, -0.15) is 0 Å². The van der Waals surface area contributed by atoms with E-state index in [9.17, 15) is 14.4 Å². The zero-order valence-corrected chi connectivity index (χ0v) is 15.1. The molecule has 1 N–H and O–H groups in total. The van der Waals surface area contributed by atoms with E-state index in [1.807, 2.05) is 13.8 Å². The summed E-state index contributed by atoms with van der Waals surface area (Å²) < 4.78 is 0. The van der Waals surface area contributed by atoms with Crippen molar-refractivity contribution in [3.63, 3.8) is 0 Å². The molecule has 1 aliphatic rings. The van der Waals surface area contributed by atoms with Crippen LogP contribution in [-0.4, -0.2) is 53.7 Å². The lowest BCUT2D eigenvalue weighted by Crippen LogP contribution is -2.37. The van der Waals surface area contributed by atoms with Gasteiger partial charge >= 0.3 is 0 Å². The minimum Gasteiger partial charge on any atom is -0.339 e. The van der Waals surface area contributed by atoms with Gasteiger partial charge in [-0.25, -0.2) is 0 Å². The zero-order valence-electron chi connectivity index (χ0n) is 15.1. The summed E-state index contributed by atoms with van der Waals surface area (Å²) >= 11 is 0. The largest absolute Gasteiger partial charge is 0.339 e. The Morgan fingerprint density at radius 2 is 1.92 bits per heavy atom. The van der Waals surface area contributed by atoms with E-state index in [0.717, 1.165) is 19.3 Å². The molecule has 0 radical (unpaired) electrons. The molecule has 1 heterocycles. The molecule has 6 heteroatoms. The Morgan fingerprint density at radius 1 is 1.16 bits per heavy atom. The van der Waals surface area contributed by atoms with Gasteiger partial charge in [0.2, 0.25) is 11.8 Å². The summed E-state index contributed by atoms with van der Waals surface area (Å²) in [5.74, 6) is -0.246. The minimum atomic E-state index is -0.234. The number of anilines is 1. The van der Waals surface area contributed by atoms with Gasteiger partial charge in [0.15, 0.2) is 0 Å². The smallest absolute Gasteiger partial charge is 0.253 e. The van der Waals surface area contributed by atoms with Crippen molar-refractivity contribution >= 4 is 23.4 Å². The van der Waals surface area contributed by atoms with Crippen LogP contribution in [-0.2, 0) is 9.59 Å². The van der Waals surface area contributed by atoms with Gasteiger partial charge in [0.1, 0.15) is 0 Å². The summed E-state index contributed by atoms with van der Waals surface area (Å²) in [6, 6.07) is 6.93. The number of hydrogen-bond acceptors (Lipinski definition) is 3. The maximum absolute atomic E-state index is 12.4. The molecule has 0 aliphatic carbocycles. The van der Waals surface area contributed by atoms with Gasteiger partial charge in [-0.3, -0.25) is 14.4 Å². The quantitative estimate of drug-likeness (QED) is 0.861. The molecule has 2 rings (SSSR count). The Labute approximate surface area is 149 Å². The van der Waals surface area contributed by atoms with Gasteiger partial charge in [0.05, 0.1) is 6.54 Å². The first kappa shape index (κ1) is 19.0. The van der Waals surface area contributed by atoms with Crippen LogP contribution in [0.25, 0.3) is 0 Å². The molecular formula is C19H27N3O3. The van der Waals surface area contributed by atoms with Gasteiger partial charge in [-0.05, 0) is 44.9 Å². The Bertz CT molecular complexity index is 626. The van der Waals surface area contributed by atoms with E-state index in [2.05, 4.69) is 5.32 Å². The van der Waals surface area contributed by atoms with Crippen molar-refractivity contribution in [2.75, 3.05) is 31.5 Å². The van der Waals surface area contributed by atoms with E-state index >= 15 is 0 Å². The number of hydrogen-bond donors (Lipinski definition) is 1. The number of nitrogens with zero attached hydrogens (tertiary/aromatic N) is 2. The van der Waals surface area contributed by atoms with E-state index in [4.69, 9.17) is 0 Å². The zero-order chi connectivity index (χ0) is 18.2. The average molecular weight is 345 g/mol. The van der Waals surface area contributed by atoms with E-state index in [1.165, 1.54) is 0 Å². The lowest BCUT2D eigenvalue weighted by atomic mass is 10.1. The van der Waals surface area contributed by atoms with Crippen molar-refractivity contribution in [1.29, 1.82) is 0 Å². The van der Waals surface area contributed by atoms with Gasteiger partial charge in [-0.1, -0.05) is 12.5 Å². The van der Waals surface area contributed by atoms with Crippen LogP contribution in [0.15, 0.2) is 24.3 Å². The van der Waals surface area contributed by atoms with Crippen molar-refractivity contribution < 1.29 is 14.4 Å². The van der Waals surface area contributed by atoms with E-state index in [0.29, 0.717) is 37.3 Å². The van der Waals surface area contributed by atoms with Crippen LogP contribution < -0.4 is 5.32 Å². The number of carbonyl (C=O) groups is 3. The summed E-state index contributed by atoms with van der Waals surface area (Å²) in [6.07, 6.45) is 3.37. The predicted molar refractivity (Wildman–Crippen MR) is 97.4 cm³/mol. The number of nitrogens with one attached hydrogen (secondary N) is 1. The van der Waals surface area contributed by atoms with E-state index in [1.54, 1.807) is 34.1 Å². The van der Waals surface area contributed by atoms with E-state index in [-0.39, 0.29) is 24.3 Å². The normalized spacial score (nSPS) is 14.8. The van der Waals surface area contributed by atoms with Crippen molar-refractivity contribution in [1.82, 2.24) is 9.80 Å². The highest BCUT2D eigenvalue weighted by molar-refractivity contribution is 5.98. The Morgan fingerprint density at radius 3 is 2.64 bits per heavy atom. The number of amides is 3. The molecule has 25 heavy (non-hydrogen) atoms. The summed E-state index contributed by atoms with van der Waals surface area (Å²) in [6.45, 7) is 5.85. The fourth-order valence-corrected chi connectivity index (χ4v) is 3.00. The highest BCUT2D eigenvalue weighted by Crippen LogP contribution is 2.14. The second-order valence-corrected chi connectivity index (χ2v) is 6.23. The monoisotopic (exact) mass is 345 g/mol. The molecule has 0 aromatic heterocycles. The summed E-state index contributed by atoms with van der Waals surface area (Å²) in [7, 11) is 0.